The van der Waals surface area contributed by atoms with E-state index < -0.39 is 11.2 Å². The lowest BCUT2D eigenvalue weighted by Gasteiger charge is -2.28. The molecule has 0 unspecified atom stereocenters. The number of carbonyl (C=O) groups is 1. The number of aromatic nitrogens is 4. The summed E-state index contributed by atoms with van der Waals surface area (Å²) in [6.45, 7) is 7.33. The van der Waals surface area contributed by atoms with E-state index in [1.807, 2.05) is 24.5 Å². The smallest absolute Gasteiger partial charge is 0.332 e. The quantitative estimate of drug-likeness (QED) is 0.456. The number of aryl methyl sites for hydroxylation is 1. The monoisotopic (exact) mass is 442 g/mol. The van der Waals surface area contributed by atoms with Gasteiger partial charge in [-0.05, 0) is 25.3 Å². The van der Waals surface area contributed by atoms with E-state index in [0.29, 0.717) is 29.2 Å². The van der Waals surface area contributed by atoms with Crippen molar-refractivity contribution < 1.29 is 4.79 Å². The molecule has 0 spiro atoms. The van der Waals surface area contributed by atoms with Gasteiger partial charge in [-0.1, -0.05) is 11.6 Å². The number of rotatable bonds is 6. The molecule has 0 saturated carbocycles. The topological polar surface area (TPSA) is 94.2 Å². The van der Waals surface area contributed by atoms with Gasteiger partial charge in [-0.2, -0.15) is 16.3 Å². The molecule has 31 heavy (non-hydrogen) atoms. The number of nitrogens with zero attached hydrogens (tertiary/aromatic N) is 5. The highest BCUT2D eigenvalue weighted by Gasteiger charge is 2.24. The SMILES string of the molecule is CC(C)=CCn1c(N2CCNCC2)nc2c1c(=O)n(CC(=O)c1ccsc1)c(=O)n2C. The normalized spacial score (nSPS) is 14.2. The number of piperazine rings is 1. The van der Waals surface area contributed by atoms with Crippen LogP contribution in [0.25, 0.3) is 11.2 Å². The van der Waals surface area contributed by atoms with Gasteiger partial charge in [-0.15, -0.1) is 0 Å². The van der Waals surface area contributed by atoms with Crippen LogP contribution in [-0.4, -0.2) is 50.6 Å². The van der Waals surface area contributed by atoms with Crippen molar-refractivity contribution in [2.24, 2.45) is 7.05 Å². The van der Waals surface area contributed by atoms with Crippen LogP contribution >= 0.6 is 11.3 Å². The molecule has 1 saturated heterocycles. The fraction of sp³-hybridized carbons (Fsp3) is 0.429. The minimum Gasteiger partial charge on any atom is -0.340 e. The second-order valence-electron chi connectivity index (χ2n) is 7.88. The molecule has 0 bridgehead atoms. The molecule has 3 aromatic rings. The summed E-state index contributed by atoms with van der Waals surface area (Å²) in [7, 11) is 1.59. The van der Waals surface area contributed by atoms with Crippen molar-refractivity contribution in [2.75, 3.05) is 31.1 Å². The predicted molar refractivity (Wildman–Crippen MR) is 122 cm³/mol. The van der Waals surface area contributed by atoms with Crippen molar-refractivity contribution in [3.63, 3.8) is 0 Å². The lowest BCUT2D eigenvalue weighted by atomic mass is 10.2. The van der Waals surface area contributed by atoms with Crippen molar-refractivity contribution in [2.45, 2.75) is 26.9 Å². The maximum absolute atomic E-state index is 13.5. The van der Waals surface area contributed by atoms with Gasteiger partial charge < -0.3 is 14.8 Å². The second kappa shape index (κ2) is 8.64. The lowest BCUT2D eigenvalue weighted by Crippen LogP contribution is -2.44. The maximum Gasteiger partial charge on any atom is 0.332 e. The number of allylic oxidation sites excluding steroid dienone is 2. The number of nitrogens with one attached hydrogen (secondary N) is 1. The van der Waals surface area contributed by atoms with Crippen molar-refractivity contribution in [1.82, 2.24) is 24.0 Å². The van der Waals surface area contributed by atoms with Crippen LogP contribution in [0.1, 0.15) is 24.2 Å². The van der Waals surface area contributed by atoms with Gasteiger partial charge in [0.05, 0.1) is 6.54 Å². The first kappa shape index (κ1) is 21.3. The molecule has 1 fully saturated rings. The number of imidazole rings is 1. The predicted octanol–water partition coefficient (Wildman–Crippen LogP) is 1.22. The number of ketones is 1. The number of anilines is 1. The van der Waals surface area contributed by atoms with Gasteiger partial charge in [0.15, 0.2) is 16.9 Å². The Morgan fingerprint density at radius 1 is 1.23 bits per heavy atom. The van der Waals surface area contributed by atoms with E-state index in [2.05, 4.69) is 10.2 Å². The number of Topliss-reactive ketones (excluding diaryl/α,β-unsaturated/α-hetero) is 1. The van der Waals surface area contributed by atoms with Gasteiger partial charge in [0.25, 0.3) is 5.56 Å². The Bertz CT molecular complexity index is 1250. The molecule has 1 N–H and O–H groups in total. The molecule has 0 radical (unpaired) electrons. The summed E-state index contributed by atoms with van der Waals surface area (Å²) < 4.78 is 4.24. The molecular weight excluding hydrogens is 416 g/mol. The van der Waals surface area contributed by atoms with Crippen LogP contribution in [0.5, 0.6) is 0 Å². The highest BCUT2D eigenvalue weighted by molar-refractivity contribution is 7.08. The van der Waals surface area contributed by atoms with E-state index in [0.717, 1.165) is 36.3 Å². The Balaban J connectivity index is 1.90. The Morgan fingerprint density at radius 3 is 2.61 bits per heavy atom. The minimum absolute atomic E-state index is 0.266. The molecule has 3 aromatic heterocycles. The number of thiophene rings is 1. The van der Waals surface area contributed by atoms with Gasteiger partial charge >= 0.3 is 5.69 Å². The fourth-order valence-corrected chi connectivity index (χ4v) is 4.37. The van der Waals surface area contributed by atoms with Crippen LogP contribution in [-0.2, 0) is 20.1 Å². The Kier molecular flexibility index (Phi) is 5.92. The summed E-state index contributed by atoms with van der Waals surface area (Å²) in [6, 6.07) is 1.70. The highest BCUT2D eigenvalue weighted by Crippen LogP contribution is 2.20. The second-order valence-corrected chi connectivity index (χ2v) is 8.66. The van der Waals surface area contributed by atoms with Crippen molar-refractivity contribution in [3.05, 3.63) is 54.9 Å². The first-order valence-electron chi connectivity index (χ1n) is 10.2. The fourth-order valence-electron chi connectivity index (χ4n) is 3.71. The zero-order valence-electron chi connectivity index (χ0n) is 17.9. The zero-order chi connectivity index (χ0) is 22.1. The molecule has 10 heteroatoms. The first-order valence-corrected chi connectivity index (χ1v) is 11.2. The van der Waals surface area contributed by atoms with E-state index in [4.69, 9.17) is 4.98 Å². The maximum atomic E-state index is 13.5. The van der Waals surface area contributed by atoms with E-state index in [1.165, 1.54) is 15.9 Å². The van der Waals surface area contributed by atoms with Gasteiger partial charge in [0, 0.05) is 50.7 Å². The van der Waals surface area contributed by atoms with Gasteiger partial charge in [0.1, 0.15) is 0 Å². The third kappa shape index (κ3) is 4.00. The molecule has 0 atom stereocenters. The third-order valence-electron chi connectivity index (χ3n) is 5.44. The van der Waals surface area contributed by atoms with Gasteiger partial charge in [0.2, 0.25) is 5.95 Å². The summed E-state index contributed by atoms with van der Waals surface area (Å²) in [5, 5.41) is 6.83. The molecule has 9 nitrogen and oxygen atoms in total. The molecule has 1 aliphatic heterocycles. The van der Waals surface area contributed by atoms with Crippen molar-refractivity contribution >= 4 is 34.2 Å². The molecule has 4 rings (SSSR count). The van der Waals surface area contributed by atoms with Crippen molar-refractivity contribution in [3.8, 4) is 0 Å². The Labute approximate surface area is 183 Å². The van der Waals surface area contributed by atoms with Crippen LogP contribution in [0.4, 0.5) is 5.95 Å². The minimum atomic E-state index is -0.542. The summed E-state index contributed by atoms with van der Waals surface area (Å²) in [5.41, 5.74) is 1.26. The number of hydrogen-bond donors (Lipinski definition) is 1. The zero-order valence-corrected chi connectivity index (χ0v) is 18.7. The number of fused-ring (bicyclic) bond motifs is 1. The van der Waals surface area contributed by atoms with Crippen LogP contribution in [0.2, 0.25) is 0 Å². The molecular formula is C21H26N6O3S. The Morgan fingerprint density at radius 2 is 1.97 bits per heavy atom. The van der Waals surface area contributed by atoms with Crippen LogP contribution < -0.4 is 21.5 Å². The summed E-state index contributed by atoms with van der Waals surface area (Å²) in [6.07, 6.45) is 2.03. The molecule has 1 aliphatic rings. The van der Waals surface area contributed by atoms with Crippen LogP contribution in [0, 0.1) is 0 Å². The van der Waals surface area contributed by atoms with Crippen molar-refractivity contribution in [1.29, 1.82) is 0 Å². The number of hydrogen-bond acceptors (Lipinski definition) is 7. The van der Waals surface area contributed by atoms with E-state index in [9.17, 15) is 14.4 Å². The highest BCUT2D eigenvalue weighted by atomic mass is 32.1. The summed E-state index contributed by atoms with van der Waals surface area (Å²) >= 11 is 1.40. The standard InChI is InChI=1S/C21H26N6O3S/c1-14(2)4-8-26-17-18(23-20(26)25-9-6-22-7-10-25)24(3)21(30)27(19(17)29)12-16(28)15-5-11-31-13-15/h4-5,11,13,22H,6-10,12H2,1-3H3. The molecule has 0 aliphatic carbocycles. The Hall–Kier alpha value is -2.98. The van der Waals surface area contributed by atoms with Gasteiger partial charge in [-0.25, -0.2) is 4.79 Å². The van der Waals surface area contributed by atoms with Crippen LogP contribution in [0.3, 0.4) is 0 Å². The van der Waals surface area contributed by atoms with Gasteiger partial charge in [-0.3, -0.25) is 18.7 Å². The molecule has 4 heterocycles. The lowest BCUT2D eigenvalue weighted by molar-refractivity contribution is 0.0969. The average molecular weight is 443 g/mol. The number of carbonyl (C=O) groups excluding carboxylic acids is 1. The largest absolute Gasteiger partial charge is 0.340 e. The third-order valence-corrected chi connectivity index (χ3v) is 6.12. The van der Waals surface area contributed by atoms with E-state index in [1.54, 1.807) is 23.9 Å². The molecule has 164 valence electrons. The summed E-state index contributed by atoms with van der Waals surface area (Å²) in [4.78, 5) is 45.9. The molecule has 0 amide bonds. The first-order chi connectivity index (χ1) is 14.9. The van der Waals surface area contributed by atoms with E-state index in [-0.39, 0.29) is 12.3 Å². The average Bonchev–Trinajstić information content (AvgIpc) is 3.42. The summed E-state index contributed by atoms with van der Waals surface area (Å²) in [5.74, 6) is 0.403. The van der Waals surface area contributed by atoms with E-state index >= 15 is 0 Å². The molecule has 0 aromatic carbocycles. The van der Waals surface area contributed by atoms with Crippen LogP contribution in [0.15, 0.2) is 38.1 Å².